The summed E-state index contributed by atoms with van der Waals surface area (Å²) in [6.07, 6.45) is 2.55. The van der Waals surface area contributed by atoms with Gasteiger partial charge in [-0.05, 0) is 25.5 Å². The Kier molecular flexibility index (Phi) is 5.16. The zero-order valence-corrected chi connectivity index (χ0v) is 12.6. The topological polar surface area (TPSA) is 69.8 Å². The Morgan fingerprint density at radius 3 is 2.57 bits per heavy atom. The number of esters is 1. The number of carbonyl (C=O) groups excluding carboxylic acids is 2. The van der Waals surface area contributed by atoms with E-state index in [0.29, 0.717) is 5.17 Å². The molecule has 109 valence electrons. The lowest BCUT2D eigenvalue weighted by atomic mass is 10.1. The summed E-state index contributed by atoms with van der Waals surface area (Å²) >= 11 is 1.37. The Hall–Kier alpha value is -2.08. The van der Waals surface area contributed by atoms with Gasteiger partial charge in [0.15, 0.2) is 5.17 Å². The second-order valence-corrected chi connectivity index (χ2v) is 5.24. The molecule has 0 saturated carbocycles. The van der Waals surface area contributed by atoms with Gasteiger partial charge in [0.05, 0.1) is 17.7 Å². The summed E-state index contributed by atoms with van der Waals surface area (Å²) in [5, 5.41) is 4.48. The quantitative estimate of drug-likeness (QED) is 0.802. The molecular formula is C15H15N2O3S. The maximum absolute atomic E-state index is 12.2. The fourth-order valence-electron chi connectivity index (χ4n) is 1.72. The molecule has 1 heterocycles. The lowest BCUT2D eigenvalue weighted by Crippen LogP contribution is -2.12. The van der Waals surface area contributed by atoms with Crippen LogP contribution in [0.2, 0.25) is 0 Å². The summed E-state index contributed by atoms with van der Waals surface area (Å²) in [6.45, 7) is 3.98. The van der Waals surface area contributed by atoms with Crippen LogP contribution in [-0.2, 0) is 4.74 Å². The van der Waals surface area contributed by atoms with Crippen molar-refractivity contribution in [1.82, 2.24) is 5.32 Å². The molecule has 0 atom stereocenters. The average Bonchev–Trinajstić information content (AvgIpc) is 2.95. The molecule has 2 rings (SSSR count). The molecule has 1 aliphatic rings. The highest BCUT2D eigenvalue weighted by Crippen LogP contribution is 2.25. The van der Waals surface area contributed by atoms with Gasteiger partial charge in [0.2, 0.25) is 0 Å². The maximum Gasteiger partial charge on any atom is 0.338 e. The number of aliphatic imine (C=N–C) groups is 1. The number of benzene rings is 1. The molecule has 0 saturated heterocycles. The third-order valence-electron chi connectivity index (χ3n) is 2.74. The highest BCUT2D eigenvalue weighted by molar-refractivity contribution is 8.17. The van der Waals surface area contributed by atoms with Crippen molar-refractivity contribution in [2.45, 2.75) is 20.3 Å². The molecular weight excluding hydrogens is 288 g/mol. The summed E-state index contributed by atoms with van der Waals surface area (Å²) < 4.78 is 4.94. The van der Waals surface area contributed by atoms with Gasteiger partial charge in [0, 0.05) is 11.1 Å². The van der Waals surface area contributed by atoms with Gasteiger partial charge in [0.1, 0.15) is 0 Å². The summed E-state index contributed by atoms with van der Waals surface area (Å²) in [5.41, 5.74) is 0.449. The molecule has 0 spiro atoms. The number of allylic oxidation sites excluding steroid dienone is 1. The lowest BCUT2D eigenvalue weighted by molar-refractivity contribution is 0.0523. The average molecular weight is 303 g/mol. The van der Waals surface area contributed by atoms with Gasteiger partial charge in [-0.15, -0.1) is 0 Å². The smallest absolute Gasteiger partial charge is 0.338 e. The number of amides is 1. The first-order valence-electron chi connectivity index (χ1n) is 6.62. The normalized spacial score (nSPS) is 15.5. The summed E-state index contributed by atoms with van der Waals surface area (Å²) in [6, 6.07) is 6.49. The number of thioether (sulfide) groups is 1. The minimum atomic E-state index is -0.523. The van der Waals surface area contributed by atoms with Gasteiger partial charge in [-0.1, -0.05) is 30.8 Å². The van der Waals surface area contributed by atoms with E-state index < -0.39 is 11.9 Å². The molecule has 5 nitrogen and oxygen atoms in total. The van der Waals surface area contributed by atoms with Crippen molar-refractivity contribution in [3.8, 4) is 0 Å². The van der Waals surface area contributed by atoms with Crippen molar-refractivity contribution in [3.63, 3.8) is 0 Å². The molecule has 1 aromatic carbocycles. The Labute approximate surface area is 127 Å². The Balaban J connectivity index is 2.21. The van der Waals surface area contributed by atoms with Crippen molar-refractivity contribution < 1.29 is 14.3 Å². The van der Waals surface area contributed by atoms with E-state index in [-0.39, 0.29) is 17.7 Å². The van der Waals surface area contributed by atoms with Crippen molar-refractivity contribution in [2.75, 3.05) is 6.61 Å². The van der Waals surface area contributed by atoms with E-state index in [0.717, 1.165) is 11.3 Å². The lowest BCUT2D eigenvalue weighted by Gasteiger charge is -2.05. The predicted octanol–water partition coefficient (Wildman–Crippen LogP) is 2.96. The van der Waals surface area contributed by atoms with Gasteiger partial charge < -0.3 is 4.74 Å². The molecule has 0 bridgehead atoms. The van der Waals surface area contributed by atoms with Crippen LogP contribution in [0.15, 0.2) is 40.4 Å². The third kappa shape index (κ3) is 3.72. The first-order chi connectivity index (χ1) is 10.2. The van der Waals surface area contributed by atoms with E-state index in [4.69, 9.17) is 4.74 Å². The standard InChI is InChI=1S/C15H15N2O3S/c1-3-10-9-16-15(21-10)17-13(18)11-7-5-6-8-12(11)14(19)20-4-2/h5-9H,3-4H2,1-2H3. The molecule has 0 fully saturated rings. The summed E-state index contributed by atoms with van der Waals surface area (Å²) in [5.74, 6) is -1.01. The first-order valence-corrected chi connectivity index (χ1v) is 7.44. The van der Waals surface area contributed by atoms with E-state index in [1.54, 1.807) is 37.4 Å². The molecule has 0 unspecified atom stereocenters. The first kappa shape index (κ1) is 15.3. The van der Waals surface area contributed by atoms with E-state index in [1.165, 1.54) is 11.8 Å². The van der Waals surface area contributed by atoms with Crippen molar-refractivity contribution in [3.05, 3.63) is 46.5 Å². The number of hydrogen-bond donors (Lipinski definition) is 0. The highest BCUT2D eigenvalue weighted by Gasteiger charge is 2.19. The van der Waals surface area contributed by atoms with Crippen LogP contribution < -0.4 is 5.32 Å². The van der Waals surface area contributed by atoms with Gasteiger partial charge in [-0.3, -0.25) is 4.79 Å². The number of carbonyl (C=O) groups is 2. The molecule has 1 radical (unpaired) electrons. The number of nitrogens with zero attached hydrogens (tertiary/aromatic N) is 2. The number of ether oxygens (including phenoxy) is 1. The molecule has 0 aromatic heterocycles. The van der Waals surface area contributed by atoms with Crippen LogP contribution in [0.5, 0.6) is 0 Å². The van der Waals surface area contributed by atoms with Crippen LogP contribution in [0.3, 0.4) is 0 Å². The third-order valence-corrected chi connectivity index (χ3v) is 3.78. The van der Waals surface area contributed by atoms with Crippen LogP contribution in [-0.4, -0.2) is 23.7 Å². The molecule has 0 N–H and O–H groups in total. The predicted molar refractivity (Wildman–Crippen MR) is 82.3 cm³/mol. The molecule has 6 heteroatoms. The van der Waals surface area contributed by atoms with Crippen molar-refractivity contribution >= 4 is 28.8 Å². The van der Waals surface area contributed by atoms with E-state index in [1.807, 2.05) is 6.92 Å². The molecule has 1 aliphatic heterocycles. The number of amidine groups is 1. The second-order valence-electron chi connectivity index (χ2n) is 4.15. The Morgan fingerprint density at radius 2 is 1.95 bits per heavy atom. The molecule has 0 aliphatic carbocycles. The summed E-state index contributed by atoms with van der Waals surface area (Å²) in [7, 11) is 0. The minimum absolute atomic E-state index is 0.223. The van der Waals surface area contributed by atoms with Crippen LogP contribution in [0, 0.1) is 0 Å². The second kappa shape index (κ2) is 7.08. The van der Waals surface area contributed by atoms with E-state index in [9.17, 15) is 9.59 Å². The van der Waals surface area contributed by atoms with E-state index >= 15 is 0 Å². The van der Waals surface area contributed by atoms with Gasteiger partial charge >= 0.3 is 5.97 Å². The van der Waals surface area contributed by atoms with Crippen LogP contribution in [0.25, 0.3) is 0 Å². The van der Waals surface area contributed by atoms with Crippen molar-refractivity contribution in [2.24, 2.45) is 4.99 Å². The van der Waals surface area contributed by atoms with Crippen LogP contribution >= 0.6 is 11.8 Å². The molecule has 1 aromatic rings. The van der Waals surface area contributed by atoms with Gasteiger partial charge in [-0.25, -0.2) is 10.1 Å². The maximum atomic E-state index is 12.2. The monoisotopic (exact) mass is 303 g/mol. The fourth-order valence-corrected chi connectivity index (χ4v) is 2.43. The largest absolute Gasteiger partial charge is 0.462 e. The Bertz CT molecular complexity index is 623. The van der Waals surface area contributed by atoms with Crippen LogP contribution in [0.4, 0.5) is 0 Å². The zero-order chi connectivity index (χ0) is 15.2. The number of hydrogen-bond acceptors (Lipinski definition) is 4. The van der Waals surface area contributed by atoms with E-state index in [2.05, 4.69) is 10.3 Å². The van der Waals surface area contributed by atoms with Gasteiger partial charge in [-0.2, -0.15) is 4.99 Å². The van der Waals surface area contributed by atoms with Crippen molar-refractivity contribution in [1.29, 1.82) is 0 Å². The zero-order valence-electron chi connectivity index (χ0n) is 11.8. The Morgan fingerprint density at radius 1 is 1.24 bits per heavy atom. The minimum Gasteiger partial charge on any atom is -0.462 e. The molecule has 1 amide bonds. The molecule has 21 heavy (non-hydrogen) atoms. The summed E-state index contributed by atoms with van der Waals surface area (Å²) in [4.78, 5) is 29.1. The SMILES string of the molecule is CCOC(=O)c1ccccc1C(=O)N=C1[N]C=C(CC)S1. The highest BCUT2D eigenvalue weighted by atomic mass is 32.2. The van der Waals surface area contributed by atoms with Gasteiger partial charge in [0.25, 0.3) is 5.91 Å². The fraction of sp³-hybridized carbons (Fsp3) is 0.267. The number of rotatable bonds is 4. The van der Waals surface area contributed by atoms with Crippen LogP contribution in [0.1, 0.15) is 41.0 Å².